The summed E-state index contributed by atoms with van der Waals surface area (Å²) in [4.78, 5) is 21.4. The number of hydrogen-bond acceptors (Lipinski definition) is 6. The van der Waals surface area contributed by atoms with Gasteiger partial charge in [0.25, 0.3) is 5.91 Å². The zero-order valence-corrected chi connectivity index (χ0v) is 18.1. The van der Waals surface area contributed by atoms with E-state index in [2.05, 4.69) is 20.4 Å². The highest BCUT2D eigenvalue weighted by Crippen LogP contribution is 2.24. The van der Waals surface area contributed by atoms with E-state index < -0.39 is 0 Å². The van der Waals surface area contributed by atoms with Crippen molar-refractivity contribution in [1.82, 2.24) is 25.1 Å². The highest BCUT2D eigenvalue weighted by Gasteiger charge is 2.15. The van der Waals surface area contributed by atoms with Crippen LogP contribution in [0.4, 0.5) is 0 Å². The summed E-state index contributed by atoms with van der Waals surface area (Å²) in [6.07, 6.45) is 1.49. The fourth-order valence-corrected chi connectivity index (χ4v) is 3.28. The van der Waals surface area contributed by atoms with Crippen LogP contribution in [0.1, 0.15) is 16.2 Å². The fraction of sp³-hybridized carbons (Fsp3) is 0.167. The number of hydrogen-bond donors (Lipinski definition) is 1. The smallest absolute Gasteiger partial charge is 0.269 e. The zero-order chi connectivity index (χ0) is 22.5. The van der Waals surface area contributed by atoms with Crippen LogP contribution in [0, 0.1) is 0 Å². The number of aryl methyl sites for hydroxylation is 1. The monoisotopic (exact) mass is 429 g/mol. The van der Waals surface area contributed by atoms with Crippen LogP contribution in [0.25, 0.3) is 22.5 Å². The molecule has 0 spiro atoms. The standard InChI is InChI=1S/C24H23N5O3/c1-29-23(13-22(28-29)17-5-4-6-20(11-17)32-3)24(30)25-14-18-12-21(27-15-26-18)16-7-9-19(31-2)10-8-16/h4-13,15H,14H2,1-3H3,(H,25,30). The van der Waals surface area contributed by atoms with E-state index in [0.29, 0.717) is 17.1 Å². The molecule has 8 heteroatoms. The van der Waals surface area contributed by atoms with Crippen LogP contribution in [-0.2, 0) is 13.6 Å². The summed E-state index contributed by atoms with van der Waals surface area (Å²) < 4.78 is 12.0. The fourth-order valence-electron chi connectivity index (χ4n) is 3.28. The highest BCUT2D eigenvalue weighted by atomic mass is 16.5. The summed E-state index contributed by atoms with van der Waals surface area (Å²) >= 11 is 0. The summed E-state index contributed by atoms with van der Waals surface area (Å²) in [5.74, 6) is 1.27. The van der Waals surface area contributed by atoms with Crippen molar-refractivity contribution < 1.29 is 14.3 Å². The minimum atomic E-state index is -0.237. The molecule has 1 amide bonds. The van der Waals surface area contributed by atoms with Gasteiger partial charge in [-0.1, -0.05) is 12.1 Å². The van der Waals surface area contributed by atoms with Gasteiger partial charge in [-0.25, -0.2) is 9.97 Å². The van der Waals surface area contributed by atoms with Crippen molar-refractivity contribution in [2.45, 2.75) is 6.54 Å². The number of carbonyl (C=O) groups is 1. The average Bonchev–Trinajstić information content (AvgIpc) is 3.24. The van der Waals surface area contributed by atoms with Crippen molar-refractivity contribution in [3.05, 3.63) is 78.4 Å². The highest BCUT2D eigenvalue weighted by molar-refractivity contribution is 5.93. The molecule has 2 aromatic heterocycles. The normalized spacial score (nSPS) is 10.6. The predicted molar refractivity (Wildman–Crippen MR) is 120 cm³/mol. The molecular weight excluding hydrogens is 406 g/mol. The Morgan fingerprint density at radius 3 is 2.44 bits per heavy atom. The Balaban J connectivity index is 1.46. The lowest BCUT2D eigenvalue weighted by atomic mass is 10.1. The van der Waals surface area contributed by atoms with Crippen molar-refractivity contribution in [3.63, 3.8) is 0 Å². The van der Waals surface area contributed by atoms with Crippen LogP contribution in [-0.4, -0.2) is 39.9 Å². The molecule has 0 bridgehead atoms. The van der Waals surface area contributed by atoms with Crippen molar-refractivity contribution in [1.29, 1.82) is 0 Å². The second kappa shape index (κ2) is 9.30. The molecule has 1 N–H and O–H groups in total. The Hall–Kier alpha value is -4.20. The first kappa shape index (κ1) is 21.0. The van der Waals surface area contributed by atoms with E-state index in [-0.39, 0.29) is 12.5 Å². The topological polar surface area (TPSA) is 91.2 Å². The maximum absolute atomic E-state index is 12.8. The maximum Gasteiger partial charge on any atom is 0.269 e. The van der Waals surface area contributed by atoms with Crippen LogP contribution in [0.15, 0.2) is 67.0 Å². The first-order valence-corrected chi connectivity index (χ1v) is 9.99. The van der Waals surface area contributed by atoms with Crippen molar-refractivity contribution >= 4 is 5.91 Å². The Morgan fingerprint density at radius 2 is 1.69 bits per heavy atom. The number of nitrogens with one attached hydrogen (secondary N) is 1. The number of aromatic nitrogens is 4. The SMILES string of the molecule is COc1ccc(-c2cc(CNC(=O)c3cc(-c4cccc(OC)c4)nn3C)ncn2)cc1. The Morgan fingerprint density at radius 1 is 0.906 bits per heavy atom. The summed E-state index contributed by atoms with van der Waals surface area (Å²) in [7, 11) is 4.98. The molecule has 32 heavy (non-hydrogen) atoms. The van der Waals surface area contributed by atoms with Crippen molar-refractivity contribution in [2.75, 3.05) is 14.2 Å². The molecule has 0 atom stereocenters. The molecule has 0 radical (unpaired) electrons. The Bertz CT molecular complexity index is 1230. The summed E-state index contributed by atoms with van der Waals surface area (Å²) in [5.41, 5.74) is 4.43. The number of rotatable bonds is 7. The quantitative estimate of drug-likeness (QED) is 0.484. The van der Waals surface area contributed by atoms with Crippen LogP contribution >= 0.6 is 0 Å². The third-order valence-corrected chi connectivity index (χ3v) is 5.02. The largest absolute Gasteiger partial charge is 0.497 e. The van der Waals surface area contributed by atoms with Gasteiger partial charge in [-0.3, -0.25) is 9.48 Å². The third kappa shape index (κ3) is 4.59. The number of benzene rings is 2. The molecule has 4 aromatic rings. The van der Waals surface area contributed by atoms with E-state index in [0.717, 1.165) is 28.3 Å². The lowest BCUT2D eigenvalue weighted by Gasteiger charge is -2.07. The van der Waals surface area contributed by atoms with Gasteiger partial charge in [0.2, 0.25) is 0 Å². The van der Waals surface area contributed by atoms with E-state index in [9.17, 15) is 4.79 Å². The molecule has 0 aliphatic carbocycles. The number of ether oxygens (including phenoxy) is 2. The number of carbonyl (C=O) groups excluding carboxylic acids is 1. The van der Waals surface area contributed by atoms with Crippen LogP contribution in [0.5, 0.6) is 11.5 Å². The van der Waals surface area contributed by atoms with Gasteiger partial charge in [0, 0.05) is 18.2 Å². The van der Waals surface area contributed by atoms with Crippen LogP contribution in [0.2, 0.25) is 0 Å². The number of methoxy groups -OCH3 is 2. The van der Waals surface area contributed by atoms with Gasteiger partial charge >= 0.3 is 0 Å². The lowest BCUT2D eigenvalue weighted by molar-refractivity contribution is 0.0941. The molecule has 2 aromatic carbocycles. The van der Waals surface area contributed by atoms with Gasteiger partial charge in [-0.15, -0.1) is 0 Å². The summed E-state index contributed by atoms with van der Waals surface area (Å²) in [6.45, 7) is 0.268. The number of nitrogens with zero attached hydrogens (tertiary/aromatic N) is 4. The first-order chi connectivity index (χ1) is 15.6. The maximum atomic E-state index is 12.8. The third-order valence-electron chi connectivity index (χ3n) is 5.02. The van der Waals surface area contributed by atoms with Gasteiger partial charge < -0.3 is 14.8 Å². The zero-order valence-electron chi connectivity index (χ0n) is 18.1. The van der Waals surface area contributed by atoms with Crippen molar-refractivity contribution in [2.24, 2.45) is 7.05 Å². The van der Waals surface area contributed by atoms with E-state index in [1.807, 2.05) is 54.6 Å². The minimum Gasteiger partial charge on any atom is -0.497 e. The molecule has 0 aliphatic heterocycles. The summed E-state index contributed by atoms with van der Waals surface area (Å²) in [6, 6.07) is 18.8. The molecule has 0 saturated heterocycles. The number of amides is 1. The van der Waals surface area contributed by atoms with E-state index in [4.69, 9.17) is 9.47 Å². The predicted octanol–water partition coefficient (Wildman–Crippen LogP) is 3.49. The van der Waals surface area contributed by atoms with Crippen LogP contribution < -0.4 is 14.8 Å². The first-order valence-electron chi connectivity index (χ1n) is 9.99. The lowest BCUT2D eigenvalue weighted by Crippen LogP contribution is -2.25. The molecule has 0 saturated carbocycles. The molecule has 4 rings (SSSR count). The molecule has 0 fully saturated rings. The Kier molecular flexibility index (Phi) is 6.12. The second-order valence-corrected chi connectivity index (χ2v) is 7.08. The van der Waals surface area contributed by atoms with E-state index in [1.54, 1.807) is 32.0 Å². The second-order valence-electron chi connectivity index (χ2n) is 7.08. The van der Waals surface area contributed by atoms with E-state index >= 15 is 0 Å². The summed E-state index contributed by atoms with van der Waals surface area (Å²) in [5, 5.41) is 7.37. The molecule has 0 unspecified atom stereocenters. The van der Waals surface area contributed by atoms with Gasteiger partial charge in [-0.05, 0) is 48.5 Å². The molecular formula is C24H23N5O3. The average molecular weight is 429 g/mol. The minimum absolute atomic E-state index is 0.237. The van der Waals surface area contributed by atoms with Gasteiger partial charge in [0.05, 0.1) is 37.8 Å². The Labute approximate surface area is 185 Å². The molecule has 0 aliphatic rings. The van der Waals surface area contributed by atoms with Gasteiger partial charge in [0.15, 0.2) is 0 Å². The van der Waals surface area contributed by atoms with Crippen LogP contribution in [0.3, 0.4) is 0 Å². The molecule has 2 heterocycles. The molecule has 162 valence electrons. The molecule has 8 nitrogen and oxygen atoms in total. The van der Waals surface area contributed by atoms with Gasteiger partial charge in [-0.2, -0.15) is 5.10 Å². The van der Waals surface area contributed by atoms with Gasteiger partial charge in [0.1, 0.15) is 23.5 Å². The van der Waals surface area contributed by atoms with E-state index in [1.165, 1.54) is 6.33 Å². The van der Waals surface area contributed by atoms with Crippen molar-refractivity contribution in [3.8, 4) is 34.0 Å².